The van der Waals surface area contributed by atoms with Gasteiger partial charge in [-0.3, -0.25) is 14.7 Å². The predicted molar refractivity (Wildman–Crippen MR) is 108 cm³/mol. The molecule has 0 N–H and O–H groups in total. The number of fused-ring (bicyclic) bond motifs is 1. The van der Waals surface area contributed by atoms with E-state index in [1.54, 1.807) is 10.8 Å². The molecule has 0 bridgehead atoms. The molecule has 2 aromatic heterocycles. The van der Waals surface area contributed by atoms with Crippen molar-refractivity contribution in [1.82, 2.24) is 14.5 Å². The molecule has 0 saturated heterocycles. The first-order valence-electron chi connectivity index (χ1n) is 10.3. The van der Waals surface area contributed by atoms with Crippen LogP contribution in [0.1, 0.15) is 47.3 Å². The fourth-order valence-electron chi connectivity index (χ4n) is 4.30. The van der Waals surface area contributed by atoms with Gasteiger partial charge in [-0.1, -0.05) is 6.07 Å². The van der Waals surface area contributed by atoms with E-state index in [4.69, 9.17) is 9.47 Å². The minimum atomic E-state index is -0.442. The normalized spacial score (nSPS) is 17.6. The zero-order valence-corrected chi connectivity index (χ0v) is 16.8. The Labute approximate surface area is 170 Å². The Morgan fingerprint density at radius 1 is 1.24 bits per heavy atom. The molecule has 3 heterocycles. The molecule has 0 radical (unpaired) electrons. The molecule has 154 valence electrons. The summed E-state index contributed by atoms with van der Waals surface area (Å²) in [5.74, 6) is -0.0665. The Morgan fingerprint density at radius 2 is 2.07 bits per heavy atom. The Balaban J connectivity index is 1.63. The first-order chi connectivity index (χ1) is 14.2. The lowest BCUT2D eigenvalue weighted by atomic mass is 10.1. The number of methoxy groups -OCH3 is 1. The molecule has 1 fully saturated rings. The number of ether oxygens (including phenoxy) is 2. The number of pyridine rings is 2. The highest BCUT2D eigenvalue weighted by molar-refractivity contribution is 5.93. The van der Waals surface area contributed by atoms with Gasteiger partial charge in [0, 0.05) is 56.8 Å². The van der Waals surface area contributed by atoms with Crippen molar-refractivity contribution in [2.45, 2.75) is 51.3 Å². The maximum Gasteiger partial charge on any atom is 0.343 e. The van der Waals surface area contributed by atoms with Crippen LogP contribution in [0.4, 0.5) is 0 Å². The average Bonchev–Trinajstić information content (AvgIpc) is 3.15. The third-order valence-electron chi connectivity index (χ3n) is 5.80. The summed E-state index contributed by atoms with van der Waals surface area (Å²) >= 11 is 0. The van der Waals surface area contributed by atoms with Gasteiger partial charge in [-0.15, -0.1) is 0 Å². The van der Waals surface area contributed by atoms with Crippen molar-refractivity contribution < 1.29 is 14.3 Å². The molecule has 0 amide bonds. The summed E-state index contributed by atoms with van der Waals surface area (Å²) in [6.07, 6.45) is 8.41. The van der Waals surface area contributed by atoms with Gasteiger partial charge in [0.15, 0.2) is 0 Å². The lowest BCUT2D eigenvalue weighted by Crippen LogP contribution is -2.29. The SMILES string of the molecule is COC(=O)c1c(OC2CCCC2)cc(=O)n2c1CCN(Cc1cccnc1)CC2. The third kappa shape index (κ3) is 4.34. The van der Waals surface area contributed by atoms with Crippen LogP contribution in [0.2, 0.25) is 0 Å². The second kappa shape index (κ2) is 8.78. The van der Waals surface area contributed by atoms with E-state index in [9.17, 15) is 9.59 Å². The summed E-state index contributed by atoms with van der Waals surface area (Å²) in [7, 11) is 1.37. The molecule has 7 nitrogen and oxygen atoms in total. The molecule has 1 aliphatic heterocycles. The zero-order chi connectivity index (χ0) is 20.2. The standard InChI is InChI=1S/C22H27N3O4/c1-28-22(27)21-18-8-10-24(15-16-5-4-9-23-14-16)11-12-25(18)20(26)13-19(21)29-17-6-2-3-7-17/h4-5,9,13-14,17H,2-3,6-8,10-12,15H2,1H3. The Bertz CT molecular complexity index is 920. The van der Waals surface area contributed by atoms with E-state index in [0.717, 1.165) is 50.9 Å². The molecule has 4 rings (SSSR count). The van der Waals surface area contributed by atoms with Crippen molar-refractivity contribution in [3.8, 4) is 5.75 Å². The van der Waals surface area contributed by atoms with Crippen LogP contribution in [0.15, 0.2) is 35.4 Å². The van der Waals surface area contributed by atoms with Crippen LogP contribution in [-0.2, 0) is 24.2 Å². The van der Waals surface area contributed by atoms with Crippen LogP contribution in [-0.4, -0.2) is 46.7 Å². The van der Waals surface area contributed by atoms with Gasteiger partial charge in [-0.25, -0.2) is 4.79 Å². The zero-order valence-electron chi connectivity index (χ0n) is 16.8. The predicted octanol–water partition coefficient (Wildman–Crippen LogP) is 2.41. The van der Waals surface area contributed by atoms with Gasteiger partial charge < -0.3 is 14.0 Å². The molecule has 29 heavy (non-hydrogen) atoms. The van der Waals surface area contributed by atoms with Crippen molar-refractivity contribution in [2.75, 3.05) is 20.2 Å². The summed E-state index contributed by atoms with van der Waals surface area (Å²) in [5.41, 5.74) is 2.13. The number of esters is 1. The monoisotopic (exact) mass is 397 g/mol. The van der Waals surface area contributed by atoms with E-state index in [1.165, 1.54) is 13.2 Å². The largest absolute Gasteiger partial charge is 0.489 e. The molecular formula is C22H27N3O4. The second-order valence-corrected chi connectivity index (χ2v) is 7.72. The minimum Gasteiger partial charge on any atom is -0.489 e. The molecule has 2 aliphatic rings. The smallest absolute Gasteiger partial charge is 0.343 e. The highest BCUT2D eigenvalue weighted by atomic mass is 16.5. The van der Waals surface area contributed by atoms with Gasteiger partial charge in [-0.2, -0.15) is 0 Å². The van der Waals surface area contributed by atoms with Crippen molar-refractivity contribution in [3.63, 3.8) is 0 Å². The Kier molecular flexibility index (Phi) is 5.94. The molecule has 2 aromatic rings. The van der Waals surface area contributed by atoms with Gasteiger partial charge >= 0.3 is 5.97 Å². The average molecular weight is 397 g/mol. The number of rotatable bonds is 5. The maximum atomic E-state index is 12.8. The topological polar surface area (TPSA) is 73.7 Å². The summed E-state index contributed by atoms with van der Waals surface area (Å²) in [5, 5.41) is 0. The molecule has 0 atom stereocenters. The molecule has 0 unspecified atom stereocenters. The van der Waals surface area contributed by atoms with E-state index in [1.807, 2.05) is 18.3 Å². The van der Waals surface area contributed by atoms with Crippen LogP contribution in [0.25, 0.3) is 0 Å². The molecule has 1 aliphatic carbocycles. The fourth-order valence-corrected chi connectivity index (χ4v) is 4.30. The molecular weight excluding hydrogens is 370 g/mol. The Hall–Kier alpha value is -2.67. The number of carbonyl (C=O) groups is 1. The second-order valence-electron chi connectivity index (χ2n) is 7.72. The molecule has 1 saturated carbocycles. The summed E-state index contributed by atoms with van der Waals surface area (Å²) < 4.78 is 12.9. The van der Waals surface area contributed by atoms with Crippen LogP contribution in [0.5, 0.6) is 5.75 Å². The van der Waals surface area contributed by atoms with E-state index in [2.05, 4.69) is 9.88 Å². The number of hydrogen-bond acceptors (Lipinski definition) is 6. The van der Waals surface area contributed by atoms with Crippen LogP contribution < -0.4 is 10.3 Å². The van der Waals surface area contributed by atoms with E-state index in [-0.39, 0.29) is 11.7 Å². The highest BCUT2D eigenvalue weighted by Crippen LogP contribution is 2.29. The fraction of sp³-hybridized carbons (Fsp3) is 0.500. The van der Waals surface area contributed by atoms with Crippen molar-refractivity contribution in [2.24, 2.45) is 0 Å². The summed E-state index contributed by atoms with van der Waals surface area (Å²) in [6, 6.07) is 5.43. The van der Waals surface area contributed by atoms with Crippen LogP contribution >= 0.6 is 0 Å². The van der Waals surface area contributed by atoms with Gasteiger partial charge in [0.2, 0.25) is 0 Å². The van der Waals surface area contributed by atoms with Gasteiger partial charge in [0.25, 0.3) is 5.56 Å². The van der Waals surface area contributed by atoms with Gasteiger partial charge in [0.05, 0.1) is 13.2 Å². The van der Waals surface area contributed by atoms with E-state index < -0.39 is 5.97 Å². The minimum absolute atomic E-state index is 0.0636. The van der Waals surface area contributed by atoms with E-state index >= 15 is 0 Å². The quantitative estimate of drug-likeness (QED) is 0.722. The van der Waals surface area contributed by atoms with Crippen molar-refractivity contribution in [3.05, 3.63) is 57.8 Å². The van der Waals surface area contributed by atoms with Gasteiger partial charge in [0.1, 0.15) is 11.3 Å². The van der Waals surface area contributed by atoms with Gasteiger partial charge in [-0.05, 0) is 37.3 Å². The highest BCUT2D eigenvalue weighted by Gasteiger charge is 2.28. The lowest BCUT2D eigenvalue weighted by Gasteiger charge is -2.20. The number of hydrogen-bond donors (Lipinski definition) is 0. The van der Waals surface area contributed by atoms with Crippen molar-refractivity contribution in [1.29, 1.82) is 0 Å². The van der Waals surface area contributed by atoms with E-state index in [0.29, 0.717) is 30.0 Å². The molecule has 0 aromatic carbocycles. The van der Waals surface area contributed by atoms with Crippen molar-refractivity contribution >= 4 is 5.97 Å². The third-order valence-corrected chi connectivity index (χ3v) is 5.80. The number of carbonyl (C=O) groups excluding carboxylic acids is 1. The number of nitrogens with zero attached hydrogens (tertiary/aromatic N) is 3. The van der Waals surface area contributed by atoms with Crippen LogP contribution in [0.3, 0.4) is 0 Å². The first-order valence-corrected chi connectivity index (χ1v) is 10.3. The first kappa shape index (κ1) is 19.6. The Morgan fingerprint density at radius 3 is 2.79 bits per heavy atom. The molecule has 7 heteroatoms. The maximum absolute atomic E-state index is 12.8. The summed E-state index contributed by atoms with van der Waals surface area (Å²) in [4.78, 5) is 31.9. The number of aromatic nitrogens is 2. The summed E-state index contributed by atoms with van der Waals surface area (Å²) in [6.45, 7) is 2.76. The lowest BCUT2D eigenvalue weighted by molar-refractivity contribution is 0.0590. The molecule has 0 spiro atoms. The van der Waals surface area contributed by atoms with Crippen LogP contribution in [0, 0.1) is 0 Å².